The van der Waals surface area contributed by atoms with E-state index in [0.717, 1.165) is 6.42 Å². The van der Waals surface area contributed by atoms with Crippen molar-refractivity contribution < 1.29 is 0 Å². The summed E-state index contributed by atoms with van der Waals surface area (Å²) in [5.74, 6) is 1.24. The van der Waals surface area contributed by atoms with Gasteiger partial charge in [-0.15, -0.1) is 11.8 Å². The Bertz CT molecular complexity index is 405. The van der Waals surface area contributed by atoms with Crippen molar-refractivity contribution in [1.82, 2.24) is 0 Å². The topological polar surface area (TPSA) is 4.36 Å². The quantitative estimate of drug-likeness (QED) is 0.253. The molecule has 0 heterocycles. The molecule has 0 aliphatic heterocycles. The molecule has 0 atom stereocenters. The lowest BCUT2D eigenvalue weighted by Crippen LogP contribution is -2.12. The van der Waals surface area contributed by atoms with Crippen LogP contribution in [0.25, 0.3) is 4.85 Å². The molecule has 0 radical (unpaired) electrons. The molecule has 1 rings (SSSR count). The van der Waals surface area contributed by atoms with E-state index >= 15 is 0 Å². The second-order valence-electron chi connectivity index (χ2n) is 6.31. The summed E-state index contributed by atoms with van der Waals surface area (Å²) >= 11 is 1.97. The third-order valence-electron chi connectivity index (χ3n) is 3.75. The van der Waals surface area contributed by atoms with Crippen molar-refractivity contribution in [1.29, 1.82) is 0 Å². The van der Waals surface area contributed by atoms with Crippen molar-refractivity contribution >= 4 is 11.8 Å². The van der Waals surface area contributed by atoms with E-state index in [2.05, 4.69) is 35.2 Å². The van der Waals surface area contributed by atoms with Gasteiger partial charge in [0, 0.05) is 25.2 Å². The Morgan fingerprint density at radius 3 is 2.10 bits per heavy atom. The highest BCUT2D eigenvalue weighted by molar-refractivity contribution is 7.99. The van der Waals surface area contributed by atoms with Crippen molar-refractivity contribution in [2.75, 3.05) is 5.75 Å². The van der Waals surface area contributed by atoms with E-state index in [1.54, 1.807) is 0 Å². The largest absolute Gasteiger partial charge is 0.311 e. The van der Waals surface area contributed by atoms with Gasteiger partial charge in [0.05, 0.1) is 0 Å². The summed E-state index contributed by atoms with van der Waals surface area (Å²) < 4.78 is 0. The molecule has 0 aromatic heterocycles. The molecule has 0 unspecified atom stereocenters. The average Bonchev–Trinajstić information content (AvgIpc) is 2.50. The summed E-state index contributed by atoms with van der Waals surface area (Å²) in [6.45, 7) is 11.2. The Labute approximate surface area is 135 Å². The van der Waals surface area contributed by atoms with Crippen molar-refractivity contribution in [3.8, 4) is 0 Å². The van der Waals surface area contributed by atoms with Gasteiger partial charge < -0.3 is 4.85 Å². The molecule has 116 valence electrons. The Hall–Kier alpha value is -0.940. The second kappa shape index (κ2) is 10.7. The Balaban J connectivity index is 1.86. The maximum atomic E-state index is 7.10. The number of benzene rings is 1. The summed E-state index contributed by atoms with van der Waals surface area (Å²) in [6.07, 6.45) is 10.3. The molecule has 0 N–H and O–H groups in total. The van der Waals surface area contributed by atoms with Crippen LogP contribution in [0.5, 0.6) is 0 Å². The van der Waals surface area contributed by atoms with Gasteiger partial charge in [0.25, 0.3) is 0 Å². The molecule has 21 heavy (non-hydrogen) atoms. The third-order valence-corrected chi connectivity index (χ3v) is 4.85. The maximum absolute atomic E-state index is 7.10. The van der Waals surface area contributed by atoms with E-state index < -0.39 is 0 Å². The zero-order valence-corrected chi connectivity index (χ0v) is 14.4. The van der Waals surface area contributed by atoms with Crippen LogP contribution in [0.15, 0.2) is 35.2 Å². The summed E-state index contributed by atoms with van der Waals surface area (Å²) in [7, 11) is 0. The van der Waals surface area contributed by atoms with E-state index in [-0.39, 0.29) is 5.54 Å². The number of hydrogen-bond donors (Lipinski definition) is 0. The summed E-state index contributed by atoms with van der Waals surface area (Å²) in [4.78, 5) is 5.05. The van der Waals surface area contributed by atoms with Crippen LogP contribution >= 0.6 is 11.8 Å². The predicted molar refractivity (Wildman–Crippen MR) is 94.8 cm³/mol. The lowest BCUT2D eigenvalue weighted by molar-refractivity contribution is 0.496. The van der Waals surface area contributed by atoms with Crippen LogP contribution in [0, 0.1) is 6.57 Å². The van der Waals surface area contributed by atoms with Gasteiger partial charge in [-0.3, -0.25) is 0 Å². The normalized spacial score (nSPS) is 11.3. The minimum atomic E-state index is -0.144. The lowest BCUT2D eigenvalue weighted by Gasteiger charge is -2.10. The van der Waals surface area contributed by atoms with Crippen LogP contribution in [-0.4, -0.2) is 11.3 Å². The highest BCUT2D eigenvalue weighted by atomic mass is 32.2. The average molecular weight is 304 g/mol. The van der Waals surface area contributed by atoms with Crippen molar-refractivity contribution in [2.24, 2.45) is 0 Å². The van der Waals surface area contributed by atoms with Gasteiger partial charge >= 0.3 is 0 Å². The summed E-state index contributed by atoms with van der Waals surface area (Å²) in [6, 6.07) is 10.7. The van der Waals surface area contributed by atoms with E-state index in [9.17, 15) is 0 Å². The molecular formula is C19H29NS. The molecule has 0 amide bonds. The number of nitrogens with zero attached hydrogens (tertiary/aromatic N) is 1. The SMILES string of the molecule is [C-]#[N+]C(C)(C)CCCCCCCCCSc1ccccc1. The number of rotatable bonds is 11. The molecule has 0 bridgehead atoms. The maximum Gasteiger partial charge on any atom is 0.227 e. The zero-order chi connectivity index (χ0) is 15.4. The molecule has 1 aromatic carbocycles. The van der Waals surface area contributed by atoms with Gasteiger partial charge in [0.1, 0.15) is 0 Å². The smallest absolute Gasteiger partial charge is 0.227 e. The van der Waals surface area contributed by atoms with Crippen LogP contribution in [-0.2, 0) is 0 Å². The van der Waals surface area contributed by atoms with Crippen LogP contribution in [0.3, 0.4) is 0 Å². The highest BCUT2D eigenvalue weighted by Gasteiger charge is 2.21. The summed E-state index contributed by atoms with van der Waals surface area (Å²) in [5.41, 5.74) is -0.144. The highest BCUT2D eigenvalue weighted by Crippen LogP contribution is 2.21. The Morgan fingerprint density at radius 2 is 1.48 bits per heavy atom. The Kier molecular flexibility index (Phi) is 9.26. The first-order valence-electron chi connectivity index (χ1n) is 8.20. The van der Waals surface area contributed by atoms with Gasteiger partial charge in [0.15, 0.2) is 0 Å². The monoisotopic (exact) mass is 303 g/mol. The number of unbranched alkanes of at least 4 members (excludes halogenated alkanes) is 6. The van der Waals surface area contributed by atoms with E-state index in [1.807, 2.05) is 25.6 Å². The number of hydrogen-bond acceptors (Lipinski definition) is 1. The van der Waals surface area contributed by atoms with Crippen LogP contribution in [0.2, 0.25) is 0 Å². The van der Waals surface area contributed by atoms with Crippen LogP contribution in [0.4, 0.5) is 0 Å². The van der Waals surface area contributed by atoms with Gasteiger partial charge in [-0.2, -0.15) is 0 Å². The molecule has 0 saturated heterocycles. The molecule has 0 spiro atoms. The fourth-order valence-electron chi connectivity index (χ4n) is 2.31. The second-order valence-corrected chi connectivity index (χ2v) is 7.48. The van der Waals surface area contributed by atoms with Gasteiger partial charge in [-0.05, 0) is 30.7 Å². The van der Waals surface area contributed by atoms with E-state index in [4.69, 9.17) is 6.57 Å². The van der Waals surface area contributed by atoms with Crippen molar-refractivity contribution in [3.05, 3.63) is 41.7 Å². The molecule has 1 nitrogen and oxygen atoms in total. The van der Waals surface area contributed by atoms with Crippen LogP contribution in [0.1, 0.15) is 65.2 Å². The first-order valence-corrected chi connectivity index (χ1v) is 9.19. The standard InChI is InChI=1S/C19H29NS/c1-19(2,20-3)16-12-7-5-4-6-8-13-17-21-18-14-10-9-11-15-18/h9-11,14-15H,4-8,12-13,16-17H2,1-2H3. The van der Waals surface area contributed by atoms with Gasteiger partial charge in [0.2, 0.25) is 5.54 Å². The molecule has 0 aliphatic carbocycles. The van der Waals surface area contributed by atoms with Crippen molar-refractivity contribution in [3.63, 3.8) is 0 Å². The minimum absolute atomic E-state index is 0.144. The molecule has 0 aliphatic rings. The fourth-order valence-corrected chi connectivity index (χ4v) is 3.24. The van der Waals surface area contributed by atoms with E-state index in [1.165, 1.54) is 55.6 Å². The molecule has 2 heteroatoms. The molecule has 0 fully saturated rings. The minimum Gasteiger partial charge on any atom is -0.311 e. The lowest BCUT2D eigenvalue weighted by atomic mass is 9.97. The zero-order valence-electron chi connectivity index (χ0n) is 13.6. The summed E-state index contributed by atoms with van der Waals surface area (Å²) in [5, 5.41) is 0. The van der Waals surface area contributed by atoms with Gasteiger partial charge in [-0.25, -0.2) is 6.57 Å². The predicted octanol–water partition coefficient (Wildman–Crippen LogP) is 6.60. The first kappa shape index (κ1) is 18.1. The van der Waals surface area contributed by atoms with E-state index in [0.29, 0.717) is 0 Å². The molecular weight excluding hydrogens is 274 g/mol. The van der Waals surface area contributed by atoms with Crippen molar-refractivity contribution in [2.45, 2.75) is 75.6 Å². The first-order chi connectivity index (χ1) is 10.1. The number of thioether (sulfide) groups is 1. The molecule has 0 saturated carbocycles. The van der Waals surface area contributed by atoms with Gasteiger partial charge in [-0.1, -0.05) is 50.3 Å². The third kappa shape index (κ3) is 9.58. The molecule has 1 aromatic rings. The Morgan fingerprint density at radius 1 is 0.905 bits per heavy atom. The fraction of sp³-hybridized carbons (Fsp3) is 0.632. The van der Waals surface area contributed by atoms with Crippen LogP contribution < -0.4 is 0 Å².